The number of rotatable bonds is 7. The standard InChI is InChI=1S/C18H24FN3O3/c1-4-20-16(23)11-15-17(24)22(14-7-5-13(19)6-8-14)18(25)21(15)10-9-12(2)3/h5-8,12,15H,4,9-11H2,1-3H3,(H,20,23)/t15-/m1/s1. The molecule has 0 aromatic heterocycles. The minimum absolute atomic E-state index is 0.0752. The maximum absolute atomic E-state index is 13.1. The first kappa shape index (κ1) is 18.9. The number of imide groups is 1. The number of nitrogens with one attached hydrogen (secondary N) is 1. The number of anilines is 1. The van der Waals surface area contributed by atoms with Crippen LogP contribution in [0.4, 0.5) is 14.9 Å². The van der Waals surface area contributed by atoms with Crippen LogP contribution in [0.1, 0.15) is 33.6 Å². The van der Waals surface area contributed by atoms with Gasteiger partial charge in [0.1, 0.15) is 11.9 Å². The summed E-state index contributed by atoms with van der Waals surface area (Å²) in [6, 6.07) is 3.88. The van der Waals surface area contributed by atoms with Gasteiger partial charge in [-0.1, -0.05) is 13.8 Å². The third kappa shape index (κ3) is 4.35. The van der Waals surface area contributed by atoms with Gasteiger partial charge in [0.2, 0.25) is 5.91 Å². The van der Waals surface area contributed by atoms with Crippen molar-refractivity contribution in [3.8, 4) is 0 Å². The molecule has 0 unspecified atom stereocenters. The van der Waals surface area contributed by atoms with E-state index in [1.54, 1.807) is 6.92 Å². The van der Waals surface area contributed by atoms with Crippen LogP contribution in [0, 0.1) is 11.7 Å². The molecule has 0 aliphatic carbocycles. The minimum Gasteiger partial charge on any atom is -0.356 e. The van der Waals surface area contributed by atoms with Crippen molar-refractivity contribution in [2.75, 3.05) is 18.0 Å². The number of halogens is 1. The third-order valence-electron chi connectivity index (χ3n) is 4.10. The van der Waals surface area contributed by atoms with E-state index in [-0.39, 0.29) is 12.3 Å². The van der Waals surface area contributed by atoms with E-state index in [0.29, 0.717) is 24.7 Å². The molecule has 1 aromatic rings. The van der Waals surface area contributed by atoms with Crippen molar-refractivity contribution in [3.63, 3.8) is 0 Å². The Morgan fingerprint density at radius 3 is 2.44 bits per heavy atom. The number of carbonyl (C=O) groups is 3. The zero-order valence-corrected chi connectivity index (χ0v) is 14.8. The number of hydrogen-bond acceptors (Lipinski definition) is 3. The molecule has 1 saturated heterocycles. The first-order valence-corrected chi connectivity index (χ1v) is 8.52. The molecule has 4 amide bonds. The van der Waals surface area contributed by atoms with Gasteiger partial charge in [-0.25, -0.2) is 14.1 Å². The summed E-state index contributed by atoms with van der Waals surface area (Å²) in [5.41, 5.74) is 0.310. The highest BCUT2D eigenvalue weighted by molar-refractivity contribution is 6.22. The SMILES string of the molecule is CCNC(=O)C[C@@H]1C(=O)N(c2ccc(F)cc2)C(=O)N1CCC(C)C. The Kier molecular flexibility index (Phi) is 6.12. The van der Waals surface area contributed by atoms with E-state index >= 15 is 0 Å². The van der Waals surface area contributed by atoms with Gasteiger partial charge in [0.05, 0.1) is 12.1 Å². The number of urea groups is 1. The molecule has 2 rings (SSSR count). The maximum atomic E-state index is 13.1. The van der Waals surface area contributed by atoms with Crippen LogP contribution in [0.2, 0.25) is 0 Å². The molecule has 1 aliphatic heterocycles. The van der Waals surface area contributed by atoms with Crippen LogP contribution in [0.3, 0.4) is 0 Å². The summed E-state index contributed by atoms with van der Waals surface area (Å²) in [5.74, 6) is -0.818. The molecule has 0 bridgehead atoms. The lowest BCUT2D eigenvalue weighted by atomic mass is 10.1. The van der Waals surface area contributed by atoms with Gasteiger partial charge in [-0.05, 0) is 43.5 Å². The van der Waals surface area contributed by atoms with E-state index < -0.39 is 23.8 Å². The first-order chi connectivity index (χ1) is 11.8. The second-order valence-electron chi connectivity index (χ2n) is 6.48. The van der Waals surface area contributed by atoms with Gasteiger partial charge in [0.15, 0.2) is 0 Å². The zero-order chi connectivity index (χ0) is 18.6. The van der Waals surface area contributed by atoms with Crippen molar-refractivity contribution in [2.45, 2.75) is 39.7 Å². The molecular formula is C18H24FN3O3. The molecule has 1 aromatic carbocycles. The topological polar surface area (TPSA) is 69.7 Å². The lowest BCUT2D eigenvalue weighted by molar-refractivity contribution is -0.127. The molecule has 1 aliphatic rings. The van der Waals surface area contributed by atoms with Gasteiger partial charge in [0, 0.05) is 13.1 Å². The van der Waals surface area contributed by atoms with E-state index in [9.17, 15) is 18.8 Å². The summed E-state index contributed by atoms with van der Waals surface area (Å²) in [7, 11) is 0. The van der Waals surface area contributed by atoms with Crippen molar-refractivity contribution in [3.05, 3.63) is 30.1 Å². The first-order valence-electron chi connectivity index (χ1n) is 8.52. The van der Waals surface area contributed by atoms with Crippen LogP contribution in [0.25, 0.3) is 0 Å². The summed E-state index contributed by atoms with van der Waals surface area (Å²) in [5, 5.41) is 2.66. The Morgan fingerprint density at radius 2 is 1.88 bits per heavy atom. The molecule has 1 heterocycles. The van der Waals surface area contributed by atoms with Gasteiger partial charge in [0.25, 0.3) is 5.91 Å². The summed E-state index contributed by atoms with van der Waals surface area (Å²) in [4.78, 5) is 40.0. The van der Waals surface area contributed by atoms with Gasteiger partial charge in [-0.15, -0.1) is 0 Å². The summed E-state index contributed by atoms with van der Waals surface area (Å²) < 4.78 is 13.1. The Hall–Kier alpha value is -2.44. The molecule has 1 fully saturated rings. The van der Waals surface area contributed by atoms with Gasteiger partial charge in [-0.3, -0.25) is 9.59 Å². The number of amides is 4. The Balaban J connectivity index is 2.27. The fourth-order valence-electron chi connectivity index (χ4n) is 2.76. The van der Waals surface area contributed by atoms with Gasteiger partial charge >= 0.3 is 6.03 Å². The lowest BCUT2D eigenvalue weighted by Crippen LogP contribution is -2.40. The molecule has 7 heteroatoms. The molecule has 6 nitrogen and oxygen atoms in total. The van der Waals surface area contributed by atoms with Crippen LogP contribution in [0.15, 0.2) is 24.3 Å². The average Bonchev–Trinajstić information content (AvgIpc) is 2.77. The number of carbonyl (C=O) groups excluding carboxylic acids is 3. The monoisotopic (exact) mass is 349 g/mol. The molecule has 25 heavy (non-hydrogen) atoms. The number of nitrogens with zero attached hydrogens (tertiary/aromatic N) is 2. The second-order valence-corrected chi connectivity index (χ2v) is 6.48. The molecule has 0 radical (unpaired) electrons. The predicted octanol–water partition coefficient (Wildman–Crippen LogP) is 2.54. The van der Waals surface area contributed by atoms with Crippen molar-refractivity contribution >= 4 is 23.5 Å². The van der Waals surface area contributed by atoms with Crippen LogP contribution in [-0.4, -0.2) is 41.9 Å². The smallest absolute Gasteiger partial charge is 0.332 e. The second kappa shape index (κ2) is 8.09. The van der Waals surface area contributed by atoms with Gasteiger partial charge in [-0.2, -0.15) is 0 Å². The summed E-state index contributed by atoms with van der Waals surface area (Å²) >= 11 is 0. The zero-order valence-electron chi connectivity index (χ0n) is 14.8. The van der Waals surface area contributed by atoms with Crippen molar-refractivity contribution in [1.82, 2.24) is 10.2 Å². The highest BCUT2D eigenvalue weighted by Gasteiger charge is 2.46. The van der Waals surface area contributed by atoms with Crippen molar-refractivity contribution in [1.29, 1.82) is 0 Å². The predicted molar refractivity (Wildman–Crippen MR) is 92.5 cm³/mol. The van der Waals surface area contributed by atoms with Crippen molar-refractivity contribution < 1.29 is 18.8 Å². The maximum Gasteiger partial charge on any atom is 0.332 e. The van der Waals surface area contributed by atoms with Crippen molar-refractivity contribution in [2.24, 2.45) is 5.92 Å². The van der Waals surface area contributed by atoms with Crippen LogP contribution in [0.5, 0.6) is 0 Å². The van der Waals surface area contributed by atoms with E-state index in [1.165, 1.54) is 29.2 Å². The number of benzene rings is 1. The Morgan fingerprint density at radius 1 is 1.24 bits per heavy atom. The molecule has 136 valence electrons. The molecule has 1 N–H and O–H groups in total. The number of hydrogen-bond donors (Lipinski definition) is 1. The van der Waals surface area contributed by atoms with Crippen LogP contribution in [-0.2, 0) is 9.59 Å². The van der Waals surface area contributed by atoms with Crippen LogP contribution < -0.4 is 10.2 Å². The Bertz CT molecular complexity index is 645. The highest BCUT2D eigenvalue weighted by Crippen LogP contribution is 2.27. The van der Waals surface area contributed by atoms with E-state index in [2.05, 4.69) is 5.32 Å². The molecule has 1 atom stereocenters. The molecule has 0 saturated carbocycles. The average molecular weight is 349 g/mol. The molecule has 0 spiro atoms. The quantitative estimate of drug-likeness (QED) is 0.769. The fourth-order valence-corrected chi connectivity index (χ4v) is 2.76. The fraction of sp³-hybridized carbons (Fsp3) is 0.500. The molecular weight excluding hydrogens is 325 g/mol. The van der Waals surface area contributed by atoms with E-state index in [0.717, 1.165) is 11.3 Å². The van der Waals surface area contributed by atoms with E-state index in [4.69, 9.17) is 0 Å². The van der Waals surface area contributed by atoms with Gasteiger partial charge < -0.3 is 10.2 Å². The summed E-state index contributed by atoms with van der Waals surface area (Å²) in [6.45, 7) is 6.70. The van der Waals surface area contributed by atoms with Crippen LogP contribution >= 0.6 is 0 Å². The largest absolute Gasteiger partial charge is 0.356 e. The normalized spacial score (nSPS) is 17.6. The minimum atomic E-state index is -0.831. The Labute approximate surface area is 147 Å². The lowest BCUT2D eigenvalue weighted by Gasteiger charge is -2.22. The summed E-state index contributed by atoms with van der Waals surface area (Å²) in [6.07, 6.45) is 0.649. The highest BCUT2D eigenvalue weighted by atomic mass is 19.1. The van der Waals surface area contributed by atoms with E-state index in [1.807, 2.05) is 13.8 Å². The third-order valence-corrected chi connectivity index (χ3v) is 4.10.